The number of nitrogens with two attached hydrogens (primary N) is 4. The minimum Gasteiger partial charge on any atom is -0.394 e. The summed E-state index contributed by atoms with van der Waals surface area (Å²) in [7, 11) is 0. The highest BCUT2D eigenvalue weighted by Crippen LogP contribution is 2.38. The van der Waals surface area contributed by atoms with Crippen molar-refractivity contribution in [1.29, 1.82) is 0 Å². The van der Waals surface area contributed by atoms with Crippen LogP contribution >= 0.6 is 0 Å². The van der Waals surface area contributed by atoms with Crippen molar-refractivity contribution in [2.45, 2.75) is 37.8 Å². The van der Waals surface area contributed by atoms with E-state index in [4.69, 9.17) is 22.9 Å². The maximum absolute atomic E-state index is 5.96. The Kier molecular flexibility index (Phi) is 2.92. The van der Waals surface area contributed by atoms with Crippen LogP contribution in [0.4, 0.5) is 23.0 Å². The van der Waals surface area contributed by atoms with Gasteiger partial charge in [0, 0.05) is 0 Å². The monoisotopic (exact) mass is 276 g/mol. The van der Waals surface area contributed by atoms with Crippen molar-refractivity contribution in [2.75, 3.05) is 22.9 Å². The van der Waals surface area contributed by atoms with E-state index in [1.807, 2.05) is 9.36 Å². The highest BCUT2D eigenvalue weighted by Gasteiger charge is 2.28. The van der Waals surface area contributed by atoms with Crippen molar-refractivity contribution in [3.05, 3.63) is 12.4 Å². The molecule has 2 atom stereocenters. The number of nitrogen functional groups attached to an aromatic ring is 4. The van der Waals surface area contributed by atoms with Crippen LogP contribution in [0.5, 0.6) is 0 Å². The summed E-state index contributed by atoms with van der Waals surface area (Å²) in [4.78, 5) is 0. The molecule has 8 heteroatoms. The highest BCUT2D eigenvalue weighted by atomic mass is 15.4. The van der Waals surface area contributed by atoms with Gasteiger partial charge in [-0.25, -0.2) is 9.36 Å². The average Bonchev–Trinajstić information content (AvgIpc) is 2.95. The van der Waals surface area contributed by atoms with Crippen molar-refractivity contribution in [1.82, 2.24) is 19.6 Å². The lowest BCUT2D eigenvalue weighted by Crippen LogP contribution is -2.25. The summed E-state index contributed by atoms with van der Waals surface area (Å²) in [5.41, 5.74) is 24.5. The Bertz CT molecular complexity index is 561. The summed E-state index contributed by atoms with van der Waals surface area (Å²) in [6, 6.07) is 0.437. The van der Waals surface area contributed by atoms with Crippen LogP contribution in [0, 0.1) is 0 Å². The second kappa shape index (κ2) is 4.62. The van der Waals surface area contributed by atoms with Crippen molar-refractivity contribution in [3.8, 4) is 0 Å². The van der Waals surface area contributed by atoms with Gasteiger partial charge in [-0.15, -0.1) is 0 Å². The molecule has 1 saturated carbocycles. The molecular formula is C12H20N8. The Morgan fingerprint density at radius 2 is 1.30 bits per heavy atom. The molecule has 0 radical (unpaired) electrons. The first-order valence-electron chi connectivity index (χ1n) is 6.75. The van der Waals surface area contributed by atoms with Crippen LogP contribution in [-0.4, -0.2) is 19.6 Å². The fourth-order valence-electron chi connectivity index (χ4n) is 2.94. The summed E-state index contributed by atoms with van der Waals surface area (Å²) in [6.07, 6.45) is 7.18. The zero-order valence-electron chi connectivity index (χ0n) is 11.2. The van der Waals surface area contributed by atoms with E-state index >= 15 is 0 Å². The maximum Gasteiger partial charge on any atom is 0.145 e. The number of rotatable bonds is 2. The van der Waals surface area contributed by atoms with Gasteiger partial charge in [0.25, 0.3) is 0 Å². The summed E-state index contributed by atoms with van der Waals surface area (Å²) in [5.74, 6) is 1.06. The first-order valence-corrected chi connectivity index (χ1v) is 6.75. The molecule has 8 nitrogen and oxygen atoms in total. The van der Waals surface area contributed by atoms with Crippen LogP contribution in [0.25, 0.3) is 0 Å². The summed E-state index contributed by atoms with van der Waals surface area (Å²) in [6.45, 7) is 0. The molecule has 3 rings (SSSR count). The van der Waals surface area contributed by atoms with Crippen LogP contribution in [0.1, 0.15) is 37.8 Å². The average molecular weight is 276 g/mol. The maximum atomic E-state index is 5.96. The van der Waals surface area contributed by atoms with Gasteiger partial charge in [-0.2, -0.15) is 10.2 Å². The lowest BCUT2D eigenvalue weighted by atomic mass is 9.91. The van der Waals surface area contributed by atoms with E-state index < -0.39 is 0 Å². The van der Waals surface area contributed by atoms with E-state index in [1.165, 1.54) is 0 Å². The molecule has 0 spiro atoms. The van der Waals surface area contributed by atoms with E-state index in [9.17, 15) is 0 Å². The second-order valence-corrected chi connectivity index (χ2v) is 5.33. The number of nitrogens with zero attached hydrogens (tertiary/aromatic N) is 4. The normalized spacial score (nSPS) is 23.0. The minimum atomic E-state index is 0.218. The lowest BCUT2D eigenvalue weighted by Gasteiger charge is -2.30. The molecule has 2 aromatic rings. The second-order valence-electron chi connectivity index (χ2n) is 5.33. The quantitative estimate of drug-likeness (QED) is 0.638. The van der Waals surface area contributed by atoms with Gasteiger partial charge in [0.2, 0.25) is 0 Å². The number of hydrogen-bond donors (Lipinski definition) is 4. The molecule has 108 valence electrons. The first kappa shape index (κ1) is 12.6. The van der Waals surface area contributed by atoms with Gasteiger partial charge in [-0.1, -0.05) is 0 Å². The molecule has 1 aliphatic rings. The Hall–Kier alpha value is -2.38. The van der Waals surface area contributed by atoms with E-state index in [2.05, 4.69) is 10.2 Å². The van der Waals surface area contributed by atoms with Crippen molar-refractivity contribution in [2.24, 2.45) is 0 Å². The van der Waals surface area contributed by atoms with E-state index in [1.54, 1.807) is 12.4 Å². The molecule has 2 aromatic heterocycles. The van der Waals surface area contributed by atoms with Gasteiger partial charge < -0.3 is 22.9 Å². The van der Waals surface area contributed by atoms with Crippen LogP contribution in [0.15, 0.2) is 12.4 Å². The Balaban J connectivity index is 1.83. The third kappa shape index (κ3) is 1.93. The SMILES string of the molecule is Nc1cnn(C2CCCC(n3ncc(N)c3N)C2)c1N. The standard InChI is InChI=1S/C12H20N8/c13-9-5-17-19(11(9)15)7-2-1-3-8(4-7)20-12(16)10(14)6-18-20/h5-8H,1-4,13-16H2. The molecule has 0 amide bonds. The molecule has 2 heterocycles. The Morgan fingerprint density at radius 1 is 0.850 bits per heavy atom. The summed E-state index contributed by atoms with van der Waals surface area (Å²) < 4.78 is 3.62. The van der Waals surface area contributed by atoms with Crippen LogP contribution in [0.3, 0.4) is 0 Å². The molecule has 1 fully saturated rings. The molecule has 20 heavy (non-hydrogen) atoms. The highest BCUT2D eigenvalue weighted by molar-refractivity contribution is 5.58. The summed E-state index contributed by atoms with van der Waals surface area (Å²) in [5, 5.41) is 8.55. The van der Waals surface area contributed by atoms with E-state index in [-0.39, 0.29) is 12.1 Å². The molecule has 8 N–H and O–H groups in total. The fourth-order valence-corrected chi connectivity index (χ4v) is 2.94. The van der Waals surface area contributed by atoms with E-state index in [0.717, 1.165) is 25.7 Å². The van der Waals surface area contributed by atoms with Gasteiger partial charge in [0.05, 0.1) is 35.9 Å². The van der Waals surface area contributed by atoms with Crippen LogP contribution < -0.4 is 22.9 Å². The third-order valence-electron chi connectivity index (χ3n) is 4.04. The molecular weight excluding hydrogens is 256 g/mol. The fraction of sp³-hybridized carbons (Fsp3) is 0.500. The Labute approximate surface area is 116 Å². The molecule has 2 unspecified atom stereocenters. The van der Waals surface area contributed by atoms with Crippen LogP contribution in [0.2, 0.25) is 0 Å². The van der Waals surface area contributed by atoms with Gasteiger partial charge in [-0.05, 0) is 25.7 Å². The number of aromatic nitrogens is 4. The van der Waals surface area contributed by atoms with Gasteiger partial charge in [-0.3, -0.25) is 0 Å². The summed E-state index contributed by atoms with van der Waals surface area (Å²) >= 11 is 0. The Morgan fingerprint density at radius 3 is 1.65 bits per heavy atom. The zero-order chi connectivity index (χ0) is 14.3. The first-order chi connectivity index (χ1) is 9.58. The van der Waals surface area contributed by atoms with Crippen molar-refractivity contribution in [3.63, 3.8) is 0 Å². The molecule has 0 aromatic carbocycles. The van der Waals surface area contributed by atoms with Gasteiger partial charge in [0.1, 0.15) is 11.6 Å². The molecule has 0 bridgehead atoms. The van der Waals surface area contributed by atoms with E-state index in [0.29, 0.717) is 23.0 Å². The zero-order valence-corrected chi connectivity index (χ0v) is 11.2. The number of hydrogen-bond acceptors (Lipinski definition) is 6. The van der Waals surface area contributed by atoms with Gasteiger partial charge in [0.15, 0.2) is 0 Å². The smallest absolute Gasteiger partial charge is 0.145 e. The predicted octanol–water partition coefficient (Wildman–Crippen LogP) is 0.765. The van der Waals surface area contributed by atoms with Crippen molar-refractivity contribution >= 4 is 23.0 Å². The molecule has 0 aliphatic heterocycles. The predicted molar refractivity (Wildman–Crippen MR) is 78.6 cm³/mol. The largest absolute Gasteiger partial charge is 0.394 e. The minimum absolute atomic E-state index is 0.218. The topological polar surface area (TPSA) is 140 Å². The third-order valence-corrected chi connectivity index (χ3v) is 4.04. The molecule has 0 saturated heterocycles. The van der Waals surface area contributed by atoms with Crippen molar-refractivity contribution < 1.29 is 0 Å². The molecule has 1 aliphatic carbocycles. The lowest BCUT2D eigenvalue weighted by molar-refractivity contribution is 0.245. The van der Waals surface area contributed by atoms with Gasteiger partial charge >= 0.3 is 0 Å². The number of anilines is 4. The van der Waals surface area contributed by atoms with Crippen LogP contribution in [-0.2, 0) is 0 Å².